The van der Waals surface area contributed by atoms with Crippen LogP contribution in [0, 0.1) is 10.7 Å². The molecule has 3 atom stereocenters. The standard InChI is InChI=1S/C46H56I3N3O16S4/c1-4-16-40(72(65,66)67)51-34-21-20-31(71(62,63)64)29-32(34)45(2,24-13-14-27-69(56,57)58)37(51)18-10-7-5-6-9-17-36-46(3,25-12-8-11-19-41(55)68-52-38(53)22-23-39(52)54)42-35(30-33(47)43(48)44(42)49)50(36)26-15-28-70(59,60)61/h5-7,9-10,17-18,20-21,29-30,40H,4,8,11-16,19,22-28H2,1-3H3,(H3-,56,57,58,59,60,61,62,63,64,65,66,67). The molecule has 0 aliphatic carbocycles. The van der Waals surface area contributed by atoms with Crippen molar-refractivity contribution in [2.24, 2.45) is 0 Å². The van der Waals surface area contributed by atoms with Crippen molar-refractivity contribution >= 4 is 143 Å². The number of carbonyl (C=O) groups excluding carboxylic acids is 3. The van der Waals surface area contributed by atoms with Gasteiger partial charge < -0.3 is 14.3 Å². The van der Waals surface area contributed by atoms with E-state index in [1.807, 2.05) is 17.0 Å². The summed E-state index contributed by atoms with van der Waals surface area (Å²) in [7, 11) is -18.4. The number of hydrogen-bond donors (Lipinski definition) is 3. The van der Waals surface area contributed by atoms with Gasteiger partial charge in [-0.2, -0.15) is 29.8 Å². The summed E-state index contributed by atoms with van der Waals surface area (Å²) in [5.74, 6) is -2.84. The van der Waals surface area contributed by atoms with E-state index in [0.717, 1.165) is 39.8 Å². The lowest BCUT2D eigenvalue weighted by atomic mass is 9.75. The van der Waals surface area contributed by atoms with Gasteiger partial charge in [-0.3, -0.25) is 23.2 Å². The van der Waals surface area contributed by atoms with Crippen LogP contribution in [-0.2, 0) is 70.5 Å². The number of amides is 2. The molecule has 72 heavy (non-hydrogen) atoms. The predicted octanol–water partition coefficient (Wildman–Crippen LogP) is 8.00. The fourth-order valence-corrected chi connectivity index (χ4v) is 14.6. The van der Waals surface area contributed by atoms with Crippen LogP contribution < -0.4 is 4.90 Å². The molecule has 0 saturated carbocycles. The number of hydrogen-bond acceptors (Lipinski definition) is 14. The molecule has 3 heterocycles. The largest absolute Gasteiger partial charge is 0.744 e. The zero-order chi connectivity index (χ0) is 53.6. The van der Waals surface area contributed by atoms with E-state index in [1.165, 1.54) is 10.6 Å². The number of benzene rings is 2. The first-order chi connectivity index (χ1) is 33.4. The molecule has 19 nitrogen and oxygen atoms in total. The molecule has 2 aromatic rings. The Hall–Kier alpha value is -2.69. The average molecular weight is 1420 g/mol. The molecule has 3 unspecified atom stereocenters. The highest BCUT2D eigenvalue weighted by Crippen LogP contribution is 2.54. The molecule has 3 aliphatic rings. The van der Waals surface area contributed by atoms with Gasteiger partial charge in [-0.1, -0.05) is 56.6 Å². The van der Waals surface area contributed by atoms with Crippen LogP contribution in [0.25, 0.3) is 0 Å². The Bertz CT molecular complexity index is 3070. The number of fused-ring (bicyclic) bond motifs is 2. The van der Waals surface area contributed by atoms with Crippen LogP contribution >= 0.6 is 67.8 Å². The fraction of sp³-hybridized carbons (Fsp3) is 0.478. The van der Waals surface area contributed by atoms with Crippen LogP contribution in [0.15, 0.2) is 77.4 Å². The zero-order valence-corrected chi connectivity index (χ0v) is 49.2. The van der Waals surface area contributed by atoms with E-state index < -0.39 is 90.9 Å². The molecule has 1 fully saturated rings. The third-order valence-electron chi connectivity index (χ3n) is 12.8. The summed E-state index contributed by atoms with van der Waals surface area (Å²) in [5.41, 5.74) is 1.65. The van der Waals surface area contributed by atoms with E-state index in [9.17, 15) is 66.3 Å². The monoisotopic (exact) mass is 1410 g/mol. The topological polar surface area (TPSA) is 290 Å². The van der Waals surface area contributed by atoms with E-state index in [1.54, 1.807) is 50.3 Å². The van der Waals surface area contributed by atoms with E-state index in [4.69, 9.17) is 4.84 Å². The normalized spacial score (nSPS) is 20.8. The van der Waals surface area contributed by atoms with Crippen molar-refractivity contribution in [2.45, 2.75) is 125 Å². The van der Waals surface area contributed by atoms with Gasteiger partial charge in [0.1, 0.15) is 10.1 Å². The van der Waals surface area contributed by atoms with Crippen LogP contribution in [0.2, 0.25) is 0 Å². The van der Waals surface area contributed by atoms with Crippen molar-refractivity contribution in [1.29, 1.82) is 0 Å². The zero-order valence-electron chi connectivity index (χ0n) is 39.5. The Kier molecular flexibility index (Phi) is 20.5. The second-order valence-corrected chi connectivity index (χ2v) is 27.4. The maximum Gasteiger partial charge on any atom is 0.333 e. The van der Waals surface area contributed by atoms with Crippen molar-refractivity contribution in [3.8, 4) is 0 Å². The van der Waals surface area contributed by atoms with E-state index in [2.05, 4.69) is 74.7 Å². The molecule has 0 aromatic heterocycles. The average Bonchev–Trinajstić information content (AvgIpc) is 3.80. The third-order valence-corrected chi connectivity index (χ3v) is 21.5. The highest BCUT2D eigenvalue weighted by atomic mass is 127. The van der Waals surface area contributed by atoms with E-state index >= 15 is 0 Å². The maximum atomic E-state index is 13.0. The van der Waals surface area contributed by atoms with Crippen molar-refractivity contribution in [3.05, 3.63) is 94.3 Å². The first-order valence-corrected chi connectivity index (χ1v) is 32.2. The van der Waals surface area contributed by atoms with Gasteiger partial charge in [-0.15, -0.1) is 5.06 Å². The predicted molar refractivity (Wildman–Crippen MR) is 293 cm³/mol. The number of anilines is 1. The summed E-state index contributed by atoms with van der Waals surface area (Å²) in [4.78, 5) is 42.9. The van der Waals surface area contributed by atoms with E-state index in [-0.39, 0.29) is 69.2 Å². The number of carbonyl (C=O) groups is 3. The minimum atomic E-state index is -4.98. The molecule has 3 aliphatic heterocycles. The molecule has 396 valence electrons. The number of imide groups is 1. The molecule has 1 saturated heterocycles. The fourth-order valence-electron chi connectivity index (χ4n) is 9.38. The lowest BCUT2D eigenvalue weighted by Gasteiger charge is -2.31. The summed E-state index contributed by atoms with van der Waals surface area (Å²) in [6, 6.07) is 5.57. The first-order valence-electron chi connectivity index (χ1n) is 22.8. The van der Waals surface area contributed by atoms with Crippen molar-refractivity contribution in [2.75, 3.05) is 23.0 Å². The smallest absolute Gasteiger partial charge is 0.333 e. The summed E-state index contributed by atoms with van der Waals surface area (Å²) in [6.07, 6.45) is 14.9. The number of hydroxylamine groups is 2. The van der Waals surface area contributed by atoms with Crippen molar-refractivity contribution in [3.63, 3.8) is 0 Å². The third kappa shape index (κ3) is 14.8. The molecule has 2 amide bonds. The molecular formula is C46H56I3N3O16S4. The number of unbranched alkanes of at least 4 members (excludes halogenated alkanes) is 3. The Labute approximate surface area is 462 Å². The SMILES string of the molecule is CCCC([N+]1=C(C=CC=CC=CC=C2N(CCCS(=O)(=O)O)c3cc(I)c(I)c(I)c3C2(C)CCCCCC(=O)ON2C(=O)CCC2=O)C(C)(CCCCS(=O)(=O)O)c2cc(S(=O)(=O)[O-])ccc21)S(=O)(=O)O. The Morgan fingerprint density at radius 2 is 1.40 bits per heavy atom. The quantitative estimate of drug-likeness (QED) is 0.0161. The number of rotatable bonds is 25. The molecule has 26 heteroatoms. The molecule has 0 radical (unpaired) electrons. The lowest BCUT2D eigenvalue weighted by Crippen LogP contribution is -2.37. The Morgan fingerprint density at radius 3 is 2.01 bits per heavy atom. The Balaban J connectivity index is 1.50. The molecular weight excluding hydrogens is 1360 g/mol. The highest BCUT2D eigenvalue weighted by molar-refractivity contribution is 14.1. The van der Waals surface area contributed by atoms with Gasteiger partial charge in [0.2, 0.25) is 5.69 Å². The van der Waals surface area contributed by atoms with Crippen LogP contribution in [0.3, 0.4) is 0 Å². The minimum absolute atomic E-state index is 0.000402. The van der Waals surface area contributed by atoms with Gasteiger partial charge in [0.05, 0.1) is 21.8 Å². The summed E-state index contributed by atoms with van der Waals surface area (Å²) in [5, 5.41) is -1.00. The number of halogens is 3. The molecule has 5 rings (SSSR count). The summed E-state index contributed by atoms with van der Waals surface area (Å²) in [6.45, 7) is 5.75. The second kappa shape index (κ2) is 24.5. The Morgan fingerprint density at radius 1 is 0.806 bits per heavy atom. The van der Waals surface area contributed by atoms with Crippen LogP contribution in [0.1, 0.15) is 115 Å². The van der Waals surface area contributed by atoms with Crippen molar-refractivity contribution in [1.82, 2.24) is 5.06 Å². The van der Waals surface area contributed by atoms with Crippen LogP contribution in [0.4, 0.5) is 11.4 Å². The summed E-state index contributed by atoms with van der Waals surface area (Å²) < 4.78 is 144. The highest BCUT2D eigenvalue weighted by Gasteiger charge is 2.52. The minimum Gasteiger partial charge on any atom is -0.744 e. The number of allylic oxidation sites excluding steroid dienone is 8. The van der Waals surface area contributed by atoms with Crippen LogP contribution in [0.5, 0.6) is 0 Å². The molecule has 2 aromatic carbocycles. The summed E-state index contributed by atoms with van der Waals surface area (Å²) >= 11 is 6.86. The molecule has 3 N–H and O–H groups in total. The van der Waals surface area contributed by atoms with E-state index in [0.29, 0.717) is 42.9 Å². The van der Waals surface area contributed by atoms with Gasteiger partial charge in [-0.05, 0) is 144 Å². The first kappa shape index (κ1) is 60.2. The lowest BCUT2D eigenvalue weighted by molar-refractivity contribution is -0.458. The van der Waals surface area contributed by atoms with Gasteiger partial charge >= 0.3 is 16.1 Å². The van der Waals surface area contributed by atoms with Gasteiger partial charge in [0.25, 0.3) is 37.4 Å². The molecule has 0 spiro atoms. The second-order valence-electron chi connectivity index (χ2n) is 18.0. The maximum absolute atomic E-state index is 13.0. The number of nitrogens with zero attached hydrogens (tertiary/aromatic N) is 3. The van der Waals surface area contributed by atoms with Gasteiger partial charge in [0.15, 0.2) is 5.71 Å². The van der Waals surface area contributed by atoms with Crippen LogP contribution in [-0.4, -0.2) is 108 Å². The molecule has 0 bridgehead atoms. The van der Waals surface area contributed by atoms with Crippen molar-refractivity contribution < 1.29 is 75.7 Å². The van der Waals surface area contributed by atoms with Gasteiger partial charge in [0, 0.05) is 83.0 Å². The van der Waals surface area contributed by atoms with Gasteiger partial charge in [-0.25, -0.2) is 13.2 Å².